The highest BCUT2D eigenvalue weighted by atomic mass is 35.5. The molecule has 0 atom stereocenters. The van der Waals surface area contributed by atoms with Crippen LogP contribution in [0.5, 0.6) is 5.75 Å². The molecule has 0 spiro atoms. The van der Waals surface area contributed by atoms with Gasteiger partial charge in [-0.2, -0.15) is 0 Å². The highest BCUT2D eigenvalue weighted by molar-refractivity contribution is 6.37. The van der Waals surface area contributed by atoms with Gasteiger partial charge in [0, 0.05) is 28.9 Å². The number of benzene rings is 2. The van der Waals surface area contributed by atoms with Crippen molar-refractivity contribution in [2.75, 3.05) is 12.4 Å². The van der Waals surface area contributed by atoms with Crippen molar-refractivity contribution in [3.05, 3.63) is 74.4 Å². The molecule has 2 rings (SSSR count). The maximum atomic E-state index is 12.1. The maximum absolute atomic E-state index is 12.1. The van der Waals surface area contributed by atoms with E-state index in [2.05, 4.69) is 5.32 Å². The Morgan fingerprint density at radius 2 is 2.00 bits per heavy atom. The smallest absolute Gasteiger partial charge is 0.273 e. The van der Waals surface area contributed by atoms with E-state index in [4.69, 9.17) is 27.9 Å². The Balaban J connectivity index is 2.13. The Labute approximate surface area is 147 Å². The molecule has 0 heterocycles. The van der Waals surface area contributed by atoms with Crippen LogP contribution in [-0.2, 0) is 0 Å². The number of carbonyl (C=O) groups excluding carboxylic acids is 1. The molecule has 124 valence electrons. The molecule has 0 radical (unpaired) electrons. The zero-order valence-electron chi connectivity index (χ0n) is 12.5. The van der Waals surface area contributed by atoms with Crippen LogP contribution in [0.25, 0.3) is 0 Å². The second-order valence-corrected chi connectivity index (χ2v) is 5.45. The number of allylic oxidation sites excluding steroid dienone is 1. The van der Waals surface area contributed by atoms with Crippen molar-refractivity contribution < 1.29 is 14.5 Å². The number of anilines is 1. The zero-order valence-corrected chi connectivity index (χ0v) is 14.0. The second-order valence-electron chi connectivity index (χ2n) is 4.61. The predicted molar refractivity (Wildman–Crippen MR) is 93.2 cm³/mol. The molecule has 0 unspecified atom stereocenters. The number of nitro groups is 1. The van der Waals surface area contributed by atoms with Gasteiger partial charge in [0.15, 0.2) is 5.78 Å². The third-order valence-corrected chi connectivity index (χ3v) is 3.61. The van der Waals surface area contributed by atoms with E-state index in [0.29, 0.717) is 16.3 Å². The first-order valence-corrected chi connectivity index (χ1v) is 7.43. The molecular formula is C16H12Cl2N2O4. The molecule has 1 N–H and O–H groups in total. The molecule has 0 saturated carbocycles. The van der Waals surface area contributed by atoms with Crippen molar-refractivity contribution in [1.29, 1.82) is 0 Å². The number of hydrogen-bond acceptors (Lipinski definition) is 5. The monoisotopic (exact) mass is 366 g/mol. The Bertz CT molecular complexity index is 822. The minimum absolute atomic E-state index is 0.0922. The van der Waals surface area contributed by atoms with E-state index in [1.54, 1.807) is 6.07 Å². The topological polar surface area (TPSA) is 81.5 Å². The Kier molecular flexibility index (Phi) is 5.78. The number of nitrogens with one attached hydrogen (secondary N) is 1. The second kappa shape index (κ2) is 7.81. The summed E-state index contributed by atoms with van der Waals surface area (Å²) in [4.78, 5) is 22.3. The molecule has 24 heavy (non-hydrogen) atoms. The van der Waals surface area contributed by atoms with Gasteiger partial charge in [0.05, 0.1) is 28.8 Å². The molecule has 2 aromatic carbocycles. The number of nitro benzene ring substituents is 1. The van der Waals surface area contributed by atoms with Gasteiger partial charge in [-0.3, -0.25) is 14.9 Å². The molecule has 0 aromatic heterocycles. The molecule has 0 aliphatic rings. The van der Waals surface area contributed by atoms with Crippen LogP contribution in [0.2, 0.25) is 10.0 Å². The van der Waals surface area contributed by atoms with Crippen LogP contribution >= 0.6 is 23.2 Å². The number of nitrogens with zero attached hydrogens (tertiary/aromatic N) is 1. The molecule has 0 bridgehead atoms. The molecule has 0 amide bonds. The van der Waals surface area contributed by atoms with Gasteiger partial charge in [-0.15, -0.1) is 0 Å². The van der Waals surface area contributed by atoms with E-state index in [-0.39, 0.29) is 22.2 Å². The van der Waals surface area contributed by atoms with E-state index in [1.807, 2.05) is 0 Å². The van der Waals surface area contributed by atoms with E-state index in [9.17, 15) is 14.9 Å². The van der Waals surface area contributed by atoms with E-state index in [1.165, 1.54) is 49.7 Å². The van der Waals surface area contributed by atoms with Gasteiger partial charge in [0.25, 0.3) is 5.69 Å². The molecule has 0 saturated heterocycles. The highest BCUT2D eigenvalue weighted by Gasteiger charge is 2.11. The van der Waals surface area contributed by atoms with Crippen molar-refractivity contribution in [1.82, 2.24) is 0 Å². The van der Waals surface area contributed by atoms with E-state index in [0.717, 1.165) is 0 Å². The Morgan fingerprint density at radius 3 is 2.62 bits per heavy atom. The summed E-state index contributed by atoms with van der Waals surface area (Å²) in [6.07, 6.45) is 2.69. The minimum atomic E-state index is -0.520. The third-order valence-electron chi connectivity index (χ3n) is 3.07. The van der Waals surface area contributed by atoms with Gasteiger partial charge >= 0.3 is 0 Å². The number of non-ortho nitro benzene ring substituents is 1. The normalized spacial score (nSPS) is 10.6. The van der Waals surface area contributed by atoms with Gasteiger partial charge in [0.1, 0.15) is 5.75 Å². The Hall–Kier alpha value is -2.57. The van der Waals surface area contributed by atoms with Crippen LogP contribution in [0.4, 0.5) is 11.4 Å². The molecule has 6 nitrogen and oxygen atoms in total. The average Bonchev–Trinajstić information content (AvgIpc) is 2.54. The first kappa shape index (κ1) is 17.8. The lowest BCUT2D eigenvalue weighted by Gasteiger charge is -2.07. The van der Waals surface area contributed by atoms with Crippen molar-refractivity contribution in [2.24, 2.45) is 0 Å². The summed E-state index contributed by atoms with van der Waals surface area (Å²) in [5.74, 6) is -0.0316. The quantitative estimate of drug-likeness (QED) is 0.346. The maximum Gasteiger partial charge on any atom is 0.273 e. The summed E-state index contributed by atoms with van der Waals surface area (Å²) in [7, 11) is 1.40. The lowest BCUT2D eigenvalue weighted by Crippen LogP contribution is -1.99. The molecule has 0 aliphatic heterocycles. The summed E-state index contributed by atoms with van der Waals surface area (Å²) in [6, 6.07) is 8.69. The van der Waals surface area contributed by atoms with Crippen molar-refractivity contribution in [3.63, 3.8) is 0 Å². The van der Waals surface area contributed by atoms with Crippen LogP contribution in [0.1, 0.15) is 10.4 Å². The fourth-order valence-electron chi connectivity index (χ4n) is 1.90. The van der Waals surface area contributed by atoms with Gasteiger partial charge in [-0.1, -0.05) is 23.2 Å². The minimum Gasteiger partial charge on any atom is -0.494 e. The van der Waals surface area contributed by atoms with Crippen LogP contribution < -0.4 is 10.1 Å². The van der Waals surface area contributed by atoms with E-state index < -0.39 is 4.92 Å². The summed E-state index contributed by atoms with van der Waals surface area (Å²) in [6.45, 7) is 0. The SMILES string of the molecule is COc1cc([N+](=O)[O-])ccc1NC=CC(=O)c1ccc(Cl)cc1Cl. The largest absolute Gasteiger partial charge is 0.494 e. The first-order valence-electron chi connectivity index (χ1n) is 6.67. The van der Waals surface area contributed by atoms with Crippen LogP contribution in [-0.4, -0.2) is 17.8 Å². The number of hydrogen-bond donors (Lipinski definition) is 1. The number of ether oxygens (including phenoxy) is 1. The van der Waals surface area contributed by atoms with Gasteiger partial charge in [-0.05, 0) is 24.3 Å². The number of methoxy groups -OCH3 is 1. The molecular weight excluding hydrogens is 355 g/mol. The van der Waals surface area contributed by atoms with E-state index >= 15 is 0 Å². The number of halogens is 2. The van der Waals surface area contributed by atoms with Gasteiger partial charge < -0.3 is 10.1 Å². The van der Waals surface area contributed by atoms with Gasteiger partial charge in [-0.25, -0.2) is 0 Å². The van der Waals surface area contributed by atoms with Crippen molar-refractivity contribution in [2.45, 2.75) is 0 Å². The van der Waals surface area contributed by atoms with Crippen LogP contribution in [0, 0.1) is 10.1 Å². The highest BCUT2D eigenvalue weighted by Crippen LogP contribution is 2.29. The Morgan fingerprint density at radius 1 is 1.25 bits per heavy atom. The molecule has 0 aliphatic carbocycles. The predicted octanol–water partition coefficient (Wildman–Crippen LogP) is 4.72. The summed E-state index contributed by atoms with van der Waals surface area (Å²) in [5, 5.41) is 14.3. The lowest BCUT2D eigenvalue weighted by atomic mass is 10.1. The molecule has 0 fully saturated rings. The zero-order chi connectivity index (χ0) is 17.7. The number of carbonyl (C=O) groups is 1. The van der Waals surface area contributed by atoms with Gasteiger partial charge in [0.2, 0.25) is 0 Å². The average molecular weight is 367 g/mol. The fourth-order valence-corrected chi connectivity index (χ4v) is 2.40. The third kappa shape index (κ3) is 4.24. The van der Waals surface area contributed by atoms with Crippen LogP contribution in [0.3, 0.4) is 0 Å². The number of ketones is 1. The summed E-state index contributed by atoms with van der Waals surface area (Å²) in [5.41, 5.74) is 0.703. The molecule has 2 aromatic rings. The fraction of sp³-hybridized carbons (Fsp3) is 0.0625. The summed E-state index contributed by atoms with van der Waals surface area (Å²) < 4.78 is 5.09. The van der Waals surface area contributed by atoms with Crippen molar-refractivity contribution in [3.8, 4) is 5.75 Å². The standard InChI is InChI=1S/C16H12Cl2N2O4/c1-24-16-9-11(20(22)23)3-5-14(16)19-7-6-15(21)12-4-2-10(17)8-13(12)18/h2-9,19H,1H3. The van der Waals surface area contributed by atoms with Crippen molar-refractivity contribution >= 4 is 40.4 Å². The first-order chi connectivity index (χ1) is 11.4. The number of rotatable bonds is 6. The summed E-state index contributed by atoms with van der Waals surface area (Å²) >= 11 is 11.8. The van der Waals surface area contributed by atoms with Crippen LogP contribution in [0.15, 0.2) is 48.7 Å². The lowest BCUT2D eigenvalue weighted by molar-refractivity contribution is -0.384. The molecule has 8 heteroatoms.